The molecule has 2 aliphatic rings. The minimum Gasteiger partial charge on any atom is -0.340 e. The predicted molar refractivity (Wildman–Crippen MR) is 63.6 cm³/mol. The van der Waals surface area contributed by atoms with E-state index in [4.69, 9.17) is 0 Å². The summed E-state index contributed by atoms with van der Waals surface area (Å²) >= 11 is 1.00. The number of imide groups is 1. The number of carbonyl (C=O) groups is 3. The zero-order valence-corrected chi connectivity index (χ0v) is 10.3. The number of hydrogen-bond donors (Lipinski definition) is 1. The summed E-state index contributed by atoms with van der Waals surface area (Å²) in [4.78, 5) is 37.4. The lowest BCUT2D eigenvalue weighted by molar-refractivity contribution is -0.132. The van der Waals surface area contributed by atoms with E-state index in [0.717, 1.165) is 24.9 Å². The number of nitrogens with zero attached hydrogens (tertiary/aromatic N) is 2. The highest BCUT2D eigenvalue weighted by Crippen LogP contribution is 2.18. The van der Waals surface area contributed by atoms with E-state index in [1.165, 1.54) is 4.90 Å². The van der Waals surface area contributed by atoms with Crippen LogP contribution in [0.3, 0.4) is 0 Å². The van der Waals surface area contributed by atoms with Gasteiger partial charge in [-0.15, -0.1) is 0 Å². The van der Waals surface area contributed by atoms with Crippen molar-refractivity contribution in [2.75, 3.05) is 38.5 Å². The molecule has 0 bridgehead atoms. The normalized spacial score (nSPS) is 21.2. The molecule has 6 nitrogen and oxygen atoms in total. The summed E-state index contributed by atoms with van der Waals surface area (Å²) in [6.45, 7) is 3.24. The van der Waals surface area contributed by atoms with Crippen molar-refractivity contribution >= 4 is 28.8 Å². The van der Waals surface area contributed by atoms with Crippen LogP contribution in [0.5, 0.6) is 0 Å². The van der Waals surface area contributed by atoms with Crippen LogP contribution >= 0.6 is 11.8 Å². The number of rotatable bonds is 3. The number of piperazine rings is 1. The van der Waals surface area contributed by atoms with E-state index in [1.54, 1.807) is 4.90 Å². The summed E-state index contributed by atoms with van der Waals surface area (Å²) in [5, 5.41) is 2.93. The van der Waals surface area contributed by atoms with Crippen LogP contribution in [-0.4, -0.2) is 65.3 Å². The first kappa shape index (κ1) is 12.4. The lowest BCUT2D eigenvalue weighted by Crippen LogP contribution is -2.47. The molecule has 7 heteroatoms. The molecular weight excluding hydrogens is 242 g/mol. The molecule has 2 fully saturated rings. The van der Waals surface area contributed by atoms with Crippen molar-refractivity contribution in [1.29, 1.82) is 0 Å². The highest BCUT2D eigenvalue weighted by molar-refractivity contribution is 8.14. The molecule has 2 saturated heterocycles. The minimum atomic E-state index is -0.233. The van der Waals surface area contributed by atoms with Gasteiger partial charge in [-0.25, -0.2) is 0 Å². The van der Waals surface area contributed by atoms with Gasteiger partial charge in [0, 0.05) is 39.1 Å². The molecule has 0 atom stereocenters. The van der Waals surface area contributed by atoms with E-state index >= 15 is 0 Å². The molecular formula is C10H15N3O3S. The third-order valence-electron chi connectivity index (χ3n) is 2.86. The summed E-state index contributed by atoms with van der Waals surface area (Å²) < 4.78 is 0. The monoisotopic (exact) mass is 257 g/mol. The second kappa shape index (κ2) is 5.50. The Bertz CT molecular complexity index is 326. The van der Waals surface area contributed by atoms with Gasteiger partial charge in [0.05, 0.1) is 5.75 Å². The molecule has 0 radical (unpaired) electrons. The first-order chi connectivity index (χ1) is 8.18. The molecule has 2 heterocycles. The first-order valence-electron chi connectivity index (χ1n) is 5.64. The second-order valence-corrected chi connectivity index (χ2v) is 4.91. The molecule has 0 saturated carbocycles. The highest BCUT2D eigenvalue weighted by atomic mass is 32.2. The van der Waals surface area contributed by atoms with Crippen LogP contribution in [0, 0.1) is 0 Å². The van der Waals surface area contributed by atoms with E-state index in [0.29, 0.717) is 13.1 Å². The van der Waals surface area contributed by atoms with Crippen molar-refractivity contribution in [3.63, 3.8) is 0 Å². The zero-order valence-electron chi connectivity index (χ0n) is 9.48. The van der Waals surface area contributed by atoms with Gasteiger partial charge in [-0.1, -0.05) is 11.8 Å². The Morgan fingerprint density at radius 2 is 2.00 bits per heavy atom. The number of hydrogen-bond acceptors (Lipinski definition) is 5. The van der Waals surface area contributed by atoms with Gasteiger partial charge >= 0.3 is 0 Å². The van der Waals surface area contributed by atoms with Crippen molar-refractivity contribution in [3.05, 3.63) is 0 Å². The Morgan fingerprint density at radius 1 is 1.29 bits per heavy atom. The van der Waals surface area contributed by atoms with E-state index in [-0.39, 0.29) is 35.8 Å². The Hall–Kier alpha value is -1.08. The molecule has 17 heavy (non-hydrogen) atoms. The zero-order chi connectivity index (χ0) is 12.3. The second-order valence-electron chi connectivity index (χ2n) is 3.98. The summed E-state index contributed by atoms with van der Waals surface area (Å²) in [6, 6.07) is 0. The lowest BCUT2D eigenvalue weighted by atomic mass is 10.3. The molecule has 3 amide bonds. The highest BCUT2D eigenvalue weighted by Gasteiger charge is 2.30. The molecule has 0 aromatic rings. The van der Waals surface area contributed by atoms with Crippen LogP contribution in [0.4, 0.5) is 4.79 Å². The summed E-state index contributed by atoms with van der Waals surface area (Å²) in [5.41, 5.74) is 0. The number of thioether (sulfide) groups is 1. The molecule has 0 unspecified atom stereocenters. The van der Waals surface area contributed by atoms with Gasteiger partial charge < -0.3 is 10.2 Å². The third kappa shape index (κ3) is 2.98. The first-order valence-corrected chi connectivity index (χ1v) is 6.62. The smallest absolute Gasteiger partial charge is 0.288 e. The van der Waals surface area contributed by atoms with Gasteiger partial charge in [0.15, 0.2) is 0 Å². The fraction of sp³-hybridized carbons (Fsp3) is 0.700. The summed E-state index contributed by atoms with van der Waals surface area (Å²) in [5.74, 6) is 0.0396. The number of amides is 3. The number of nitrogens with one attached hydrogen (secondary N) is 1. The fourth-order valence-corrected chi connectivity index (χ4v) is 2.63. The van der Waals surface area contributed by atoms with Gasteiger partial charge in [0.2, 0.25) is 11.8 Å². The largest absolute Gasteiger partial charge is 0.340 e. The minimum absolute atomic E-state index is 0.0176. The van der Waals surface area contributed by atoms with Crippen LogP contribution in [-0.2, 0) is 9.59 Å². The topological polar surface area (TPSA) is 69.7 Å². The average molecular weight is 257 g/mol. The molecule has 0 aromatic heterocycles. The molecule has 2 rings (SSSR count). The van der Waals surface area contributed by atoms with E-state index in [2.05, 4.69) is 5.32 Å². The quantitative estimate of drug-likeness (QED) is 0.738. The fourth-order valence-electron chi connectivity index (χ4n) is 1.88. The standard InChI is InChI=1S/C10H15N3O3S/c14-8(12-5-2-11-3-6-12)1-4-13-9(15)7-17-10(13)16/h11H,1-7H2. The summed E-state index contributed by atoms with van der Waals surface area (Å²) in [7, 11) is 0. The Labute approximate surface area is 104 Å². The SMILES string of the molecule is O=C(CCN1C(=O)CSC1=O)N1CCNCC1. The van der Waals surface area contributed by atoms with Crippen molar-refractivity contribution in [1.82, 2.24) is 15.1 Å². The molecule has 2 aliphatic heterocycles. The van der Waals surface area contributed by atoms with Crippen molar-refractivity contribution in [2.24, 2.45) is 0 Å². The molecule has 0 spiro atoms. The maximum Gasteiger partial charge on any atom is 0.288 e. The number of carbonyl (C=O) groups excluding carboxylic acids is 3. The Morgan fingerprint density at radius 3 is 2.59 bits per heavy atom. The Kier molecular flexibility index (Phi) is 4.01. The van der Waals surface area contributed by atoms with Crippen LogP contribution in [0.25, 0.3) is 0 Å². The third-order valence-corrected chi connectivity index (χ3v) is 3.72. The van der Waals surface area contributed by atoms with Gasteiger partial charge in [0.1, 0.15) is 0 Å². The van der Waals surface area contributed by atoms with Crippen LogP contribution < -0.4 is 5.32 Å². The molecule has 94 valence electrons. The van der Waals surface area contributed by atoms with Gasteiger partial charge in [-0.2, -0.15) is 0 Å². The maximum atomic E-state index is 11.8. The van der Waals surface area contributed by atoms with Gasteiger partial charge in [-0.05, 0) is 0 Å². The lowest BCUT2D eigenvalue weighted by Gasteiger charge is -2.27. The van der Waals surface area contributed by atoms with Gasteiger partial charge in [-0.3, -0.25) is 19.3 Å². The van der Waals surface area contributed by atoms with Crippen molar-refractivity contribution < 1.29 is 14.4 Å². The van der Waals surface area contributed by atoms with Crippen LogP contribution in [0.15, 0.2) is 0 Å². The average Bonchev–Trinajstić information content (AvgIpc) is 2.67. The Balaban J connectivity index is 1.79. The molecule has 1 N–H and O–H groups in total. The summed E-state index contributed by atoms with van der Waals surface area (Å²) in [6.07, 6.45) is 0.234. The predicted octanol–water partition coefficient (Wildman–Crippen LogP) is -0.496. The molecule has 0 aromatic carbocycles. The maximum absolute atomic E-state index is 11.8. The van der Waals surface area contributed by atoms with E-state index in [1.807, 2.05) is 0 Å². The van der Waals surface area contributed by atoms with Crippen molar-refractivity contribution in [2.45, 2.75) is 6.42 Å². The van der Waals surface area contributed by atoms with E-state index in [9.17, 15) is 14.4 Å². The van der Waals surface area contributed by atoms with E-state index < -0.39 is 0 Å². The van der Waals surface area contributed by atoms with Crippen LogP contribution in [0.1, 0.15) is 6.42 Å². The molecule has 0 aliphatic carbocycles. The van der Waals surface area contributed by atoms with Gasteiger partial charge in [0.25, 0.3) is 5.24 Å². The van der Waals surface area contributed by atoms with Crippen LogP contribution in [0.2, 0.25) is 0 Å². The van der Waals surface area contributed by atoms with Crippen molar-refractivity contribution in [3.8, 4) is 0 Å².